The monoisotopic (exact) mass is 459 g/mol. The van der Waals surface area contributed by atoms with E-state index in [4.69, 9.17) is 14.2 Å². The molecule has 0 aliphatic carbocycles. The van der Waals surface area contributed by atoms with Gasteiger partial charge in [-0.25, -0.2) is 0 Å². The van der Waals surface area contributed by atoms with E-state index in [1.807, 2.05) is 32.0 Å². The highest BCUT2D eigenvalue weighted by Crippen LogP contribution is 2.39. The summed E-state index contributed by atoms with van der Waals surface area (Å²) in [5.74, 6) is 1.50. The molecule has 4 rings (SSSR count). The van der Waals surface area contributed by atoms with Crippen LogP contribution in [0.4, 0.5) is 5.69 Å². The molecule has 8 heteroatoms. The molecular weight excluding hydrogens is 426 g/mol. The fourth-order valence-electron chi connectivity index (χ4n) is 4.50. The molecule has 2 aliphatic heterocycles. The van der Waals surface area contributed by atoms with Gasteiger partial charge >= 0.3 is 0 Å². The number of aliphatic hydroxyl groups excluding tert-OH is 4. The van der Waals surface area contributed by atoms with Gasteiger partial charge in [-0.2, -0.15) is 0 Å². The van der Waals surface area contributed by atoms with Gasteiger partial charge in [-0.15, -0.1) is 0 Å². The highest BCUT2D eigenvalue weighted by atomic mass is 16.5. The topological polar surface area (TPSA) is 121 Å². The standard InChI is InChI=1S/C25H33NO7/c1-24(2)12-26-18-9-15(4-6-21(18)32-24)8-17-10-16(5-7-20(17)31-3)23-22(30)19(29)11-25(13-27,14-28)33-23/h4-7,9-10,19,22-23,26-30H,8,11-14H2,1-3H3/t19-,22+,23-/m0/s1. The Hall–Kier alpha value is -2.36. The summed E-state index contributed by atoms with van der Waals surface area (Å²) >= 11 is 0. The van der Waals surface area contributed by atoms with Gasteiger partial charge in [0.2, 0.25) is 0 Å². The molecule has 0 unspecified atom stereocenters. The maximum Gasteiger partial charge on any atom is 0.143 e. The molecule has 2 aliphatic rings. The maximum atomic E-state index is 10.6. The third-order valence-electron chi connectivity index (χ3n) is 6.40. The van der Waals surface area contributed by atoms with Gasteiger partial charge in [0, 0.05) is 12.8 Å². The van der Waals surface area contributed by atoms with Gasteiger partial charge in [-0.1, -0.05) is 12.1 Å². The predicted octanol–water partition coefficient (Wildman–Crippen LogP) is 1.78. The lowest BCUT2D eigenvalue weighted by Crippen LogP contribution is -2.54. The van der Waals surface area contributed by atoms with E-state index in [1.54, 1.807) is 19.2 Å². The van der Waals surface area contributed by atoms with Crippen molar-refractivity contribution in [2.45, 2.75) is 56.2 Å². The summed E-state index contributed by atoms with van der Waals surface area (Å²) < 4.78 is 17.5. The molecule has 2 heterocycles. The molecule has 1 fully saturated rings. The van der Waals surface area contributed by atoms with Crippen molar-refractivity contribution < 1.29 is 34.6 Å². The number of methoxy groups -OCH3 is 1. The summed E-state index contributed by atoms with van der Waals surface area (Å²) in [6.07, 6.45) is -2.72. The van der Waals surface area contributed by atoms with E-state index in [-0.39, 0.29) is 12.0 Å². The summed E-state index contributed by atoms with van der Waals surface area (Å²) in [5, 5.41) is 43.9. The molecule has 2 aromatic carbocycles. The third kappa shape index (κ3) is 4.81. The molecule has 0 spiro atoms. The zero-order chi connectivity index (χ0) is 23.8. The van der Waals surface area contributed by atoms with Gasteiger partial charge in [0.25, 0.3) is 0 Å². The molecule has 2 aromatic rings. The summed E-state index contributed by atoms with van der Waals surface area (Å²) in [7, 11) is 1.60. The fraction of sp³-hybridized carbons (Fsp3) is 0.520. The van der Waals surface area contributed by atoms with Crippen LogP contribution < -0.4 is 14.8 Å². The Bertz CT molecular complexity index is 989. The predicted molar refractivity (Wildman–Crippen MR) is 123 cm³/mol. The quantitative estimate of drug-likeness (QED) is 0.443. The van der Waals surface area contributed by atoms with Crippen LogP contribution in [0.25, 0.3) is 0 Å². The Morgan fingerprint density at radius 2 is 1.85 bits per heavy atom. The summed E-state index contributed by atoms with van der Waals surface area (Å²) in [5.41, 5.74) is 1.90. The Morgan fingerprint density at radius 1 is 1.09 bits per heavy atom. The molecule has 180 valence electrons. The molecule has 5 N–H and O–H groups in total. The fourth-order valence-corrected chi connectivity index (χ4v) is 4.50. The Morgan fingerprint density at radius 3 is 2.55 bits per heavy atom. The van der Waals surface area contributed by atoms with Gasteiger partial charge in [-0.3, -0.25) is 0 Å². The first-order valence-corrected chi connectivity index (χ1v) is 11.2. The van der Waals surface area contributed by atoms with Crippen LogP contribution in [0.1, 0.15) is 43.1 Å². The molecule has 0 radical (unpaired) electrons. The Balaban J connectivity index is 1.63. The molecule has 0 saturated carbocycles. The van der Waals surface area contributed by atoms with Crippen molar-refractivity contribution in [2.75, 3.05) is 32.2 Å². The molecule has 1 saturated heterocycles. The minimum absolute atomic E-state index is 0.0539. The van der Waals surface area contributed by atoms with E-state index in [0.29, 0.717) is 24.3 Å². The second-order valence-corrected chi connectivity index (χ2v) is 9.59. The third-order valence-corrected chi connectivity index (χ3v) is 6.40. The molecule has 0 bridgehead atoms. The van der Waals surface area contributed by atoms with Crippen molar-refractivity contribution in [3.63, 3.8) is 0 Å². The first kappa shape index (κ1) is 23.8. The van der Waals surface area contributed by atoms with Crippen molar-refractivity contribution in [3.8, 4) is 11.5 Å². The van der Waals surface area contributed by atoms with Crippen LogP contribution in [0.2, 0.25) is 0 Å². The van der Waals surface area contributed by atoms with Crippen LogP contribution >= 0.6 is 0 Å². The second kappa shape index (κ2) is 9.12. The van der Waals surface area contributed by atoms with Gasteiger partial charge in [0.05, 0.1) is 38.7 Å². The maximum absolute atomic E-state index is 10.6. The Labute approximate surface area is 193 Å². The van der Waals surface area contributed by atoms with Gasteiger partial charge in [0.15, 0.2) is 0 Å². The van der Waals surface area contributed by atoms with Crippen LogP contribution in [0.3, 0.4) is 0 Å². The van der Waals surface area contributed by atoms with E-state index in [2.05, 4.69) is 11.4 Å². The number of anilines is 1. The summed E-state index contributed by atoms with van der Waals surface area (Å²) in [6.45, 7) is 3.85. The zero-order valence-electron chi connectivity index (χ0n) is 19.2. The normalized spacial score (nSPS) is 25.5. The number of rotatable bonds is 6. The average molecular weight is 460 g/mol. The van der Waals surface area contributed by atoms with Crippen LogP contribution in [0.5, 0.6) is 11.5 Å². The molecule has 0 aromatic heterocycles. The van der Waals surface area contributed by atoms with Crippen molar-refractivity contribution in [2.24, 2.45) is 0 Å². The van der Waals surface area contributed by atoms with Gasteiger partial charge < -0.3 is 40.0 Å². The number of hydrogen-bond donors (Lipinski definition) is 5. The number of fused-ring (bicyclic) bond motifs is 1. The minimum Gasteiger partial charge on any atom is -0.496 e. The first-order chi connectivity index (χ1) is 15.7. The van der Waals surface area contributed by atoms with Crippen LogP contribution in [-0.4, -0.2) is 70.7 Å². The largest absolute Gasteiger partial charge is 0.496 e. The smallest absolute Gasteiger partial charge is 0.143 e. The van der Waals surface area contributed by atoms with Crippen LogP contribution in [0, 0.1) is 0 Å². The highest BCUT2D eigenvalue weighted by molar-refractivity contribution is 5.60. The average Bonchev–Trinajstić information content (AvgIpc) is 2.80. The van der Waals surface area contributed by atoms with Gasteiger partial charge in [-0.05, 0) is 54.8 Å². The van der Waals surface area contributed by atoms with Crippen LogP contribution in [0.15, 0.2) is 36.4 Å². The van der Waals surface area contributed by atoms with E-state index >= 15 is 0 Å². The summed E-state index contributed by atoms with van der Waals surface area (Å²) in [6, 6.07) is 11.4. The van der Waals surface area contributed by atoms with E-state index in [0.717, 1.165) is 22.6 Å². The van der Waals surface area contributed by atoms with E-state index < -0.39 is 37.1 Å². The number of benzene rings is 2. The zero-order valence-corrected chi connectivity index (χ0v) is 19.2. The lowest BCUT2D eigenvalue weighted by atomic mass is 9.85. The number of nitrogens with one attached hydrogen (secondary N) is 1. The number of hydrogen-bond acceptors (Lipinski definition) is 8. The van der Waals surface area contributed by atoms with Crippen molar-refractivity contribution in [3.05, 3.63) is 53.1 Å². The molecule has 0 amide bonds. The van der Waals surface area contributed by atoms with E-state index in [9.17, 15) is 20.4 Å². The van der Waals surface area contributed by atoms with Crippen molar-refractivity contribution in [1.29, 1.82) is 0 Å². The van der Waals surface area contributed by atoms with E-state index in [1.165, 1.54) is 0 Å². The summed E-state index contributed by atoms with van der Waals surface area (Å²) in [4.78, 5) is 0. The molecular formula is C25H33NO7. The molecule has 8 nitrogen and oxygen atoms in total. The minimum atomic E-state index is -1.32. The van der Waals surface area contributed by atoms with Crippen LogP contribution in [-0.2, 0) is 11.2 Å². The SMILES string of the molecule is COc1ccc([C@@H]2OC(CO)(CO)C[C@H](O)[C@H]2O)cc1Cc1ccc2c(c1)NCC(C)(C)O2. The van der Waals surface area contributed by atoms with Crippen molar-refractivity contribution in [1.82, 2.24) is 0 Å². The van der Waals surface area contributed by atoms with Gasteiger partial charge in [0.1, 0.15) is 34.9 Å². The first-order valence-electron chi connectivity index (χ1n) is 11.2. The lowest BCUT2D eigenvalue weighted by molar-refractivity contribution is -0.240. The number of ether oxygens (including phenoxy) is 3. The molecule has 33 heavy (non-hydrogen) atoms. The molecule has 3 atom stereocenters. The second-order valence-electron chi connectivity index (χ2n) is 9.59. The Kier molecular flexibility index (Phi) is 6.57. The van der Waals surface area contributed by atoms with Crippen molar-refractivity contribution >= 4 is 5.69 Å². The number of aliphatic hydroxyl groups is 4. The highest BCUT2D eigenvalue weighted by Gasteiger charge is 2.46. The lowest BCUT2D eigenvalue weighted by Gasteiger charge is -2.44.